The van der Waals surface area contributed by atoms with Gasteiger partial charge in [0.1, 0.15) is 0 Å². The molecule has 2 unspecified atom stereocenters. The first-order valence-electron chi connectivity index (χ1n) is 13.1. The summed E-state index contributed by atoms with van der Waals surface area (Å²) in [6.07, 6.45) is 3.22. The number of phenols is 6. The van der Waals surface area contributed by atoms with Gasteiger partial charge in [-0.2, -0.15) is 0 Å². The van der Waals surface area contributed by atoms with Gasteiger partial charge in [0.15, 0.2) is 34.5 Å². The van der Waals surface area contributed by atoms with Crippen molar-refractivity contribution in [2.75, 3.05) is 13.1 Å². The summed E-state index contributed by atoms with van der Waals surface area (Å²) in [5.41, 5.74) is 3.02. The van der Waals surface area contributed by atoms with Crippen LogP contribution in [0.1, 0.15) is 47.1 Å². The summed E-state index contributed by atoms with van der Waals surface area (Å²) in [4.78, 5) is 25.1. The highest BCUT2D eigenvalue weighted by molar-refractivity contribution is 5.93. The average Bonchev–Trinajstić information content (AvgIpc) is 2.96. The third-order valence-electron chi connectivity index (χ3n) is 7.06. The molecule has 2 atom stereocenters. The maximum absolute atomic E-state index is 12.9. The molecule has 0 aliphatic heterocycles. The van der Waals surface area contributed by atoms with Gasteiger partial charge in [-0.3, -0.25) is 0 Å². The molecule has 0 fully saturated rings. The summed E-state index contributed by atoms with van der Waals surface area (Å²) in [6, 6.07) is 9.50. The summed E-state index contributed by atoms with van der Waals surface area (Å²) in [7, 11) is 0. The lowest BCUT2D eigenvalue weighted by atomic mass is 9.85. The number of likely N-dealkylation sites (N-methyl/N-ethyl adjacent to an activating group) is 1. The Kier molecular flexibility index (Phi) is 8.92. The van der Waals surface area contributed by atoms with Crippen molar-refractivity contribution in [2.24, 2.45) is 0 Å². The summed E-state index contributed by atoms with van der Waals surface area (Å²) < 4.78 is 5.34. The van der Waals surface area contributed by atoms with E-state index in [9.17, 15) is 45.3 Å². The highest BCUT2D eigenvalue weighted by Gasteiger charge is 2.33. The predicted octanol–water partition coefficient (Wildman–Crippen LogP) is 3.81. The highest BCUT2D eigenvalue weighted by atomic mass is 16.6. The van der Waals surface area contributed by atoms with Gasteiger partial charge in [-0.1, -0.05) is 25.1 Å². The first-order chi connectivity index (χ1) is 20.0. The largest absolute Gasteiger partial charge is 0.504 e. The summed E-state index contributed by atoms with van der Waals surface area (Å²) >= 11 is 0. The van der Waals surface area contributed by atoms with E-state index in [-0.39, 0.29) is 29.5 Å². The topological polar surface area (TPSA) is 197 Å². The van der Waals surface area contributed by atoms with E-state index >= 15 is 0 Å². The number of carboxylic acids is 1. The molecule has 3 aromatic rings. The minimum Gasteiger partial charge on any atom is -0.504 e. The predicted molar refractivity (Wildman–Crippen MR) is 153 cm³/mol. The van der Waals surface area contributed by atoms with Gasteiger partial charge >= 0.3 is 11.9 Å². The number of phenolic OH excluding ortho intramolecular Hbond substituents is 6. The lowest BCUT2D eigenvalue weighted by Crippen LogP contribution is -2.38. The van der Waals surface area contributed by atoms with Crippen molar-refractivity contribution in [1.82, 2.24) is 5.32 Å². The quantitative estimate of drug-likeness (QED) is 0.0991. The molecule has 8 N–H and O–H groups in total. The monoisotopic (exact) mass is 577 g/mol. The summed E-state index contributed by atoms with van der Waals surface area (Å²) in [5.74, 6) is -5.42. The molecule has 0 saturated heterocycles. The Balaban J connectivity index is 1.64. The Morgan fingerprint density at radius 2 is 1.60 bits per heavy atom. The third-order valence-corrected chi connectivity index (χ3v) is 7.06. The summed E-state index contributed by atoms with van der Waals surface area (Å²) in [5, 5.41) is 72.9. The van der Waals surface area contributed by atoms with Gasteiger partial charge in [0, 0.05) is 24.1 Å². The maximum atomic E-state index is 12.9. The SMILES string of the molecule is CCNCC(c1ccc(O)c(O)c1)C(OC(=O)C=Cc1cc(O)c(O)c2c1C=C(c1ccc(O)c(O)c1)CC2)C(=O)O. The highest BCUT2D eigenvalue weighted by Crippen LogP contribution is 2.42. The van der Waals surface area contributed by atoms with Crippen LogP contribution in [-0.4, -0.2) is 66.9 Å². The normalized spacial score (nSPS) is 14.2. The van der Waals surface area contributed by atoms with Crippen LogP contribution in [0, 0.1) is 0 Å². The molecule has 0 radical (unpaired) electrons. The fourth-order valence-electron chi connectivity index (χ4n) is 4.87. The molecule has 0 bridgehead atoms. The van der Waals surface area contributed by atoms with E-state index in [1.165, 1.54) is 42.5 Å². The Hall–Kier alpha value is -5.16. The molecular weight excluding hydrogens is 546 g/mol. The number of fused-ring (bicyclic) bond motifs is 1. The number of esters is 1. The lowest BCUT2D eigenvalue weighted by Gasteiger charge is -2.24. The molecule has 0 amide bonds. The van der Waals surface area contributed by atoms with Crippen molar-refractivity contribution in [1.29, 1.82) is 0 Å². The zero-order chi connectivity index (χ0) is 30.6. The average molecular weight is 578 g/mol. The van der Waals surface area contributed by atoms with Crippen LogP contribution in [0.3, 0.4) is 0 Å². The number of nitrogens with one attached hydrogen (secondary N) is 1. The zero-order valence-electron chi connectivity index (χ0n) is 22.6. The molecule has 0 spiro atoms. The molecule has 3 aromatic carbocycles. The van der Waals surface area contributed by atoms with E-state index in [1.54, 1.807) is 12.1 Å². The Morgan fingerprint density at radius 3 is 2.24 bits per heavy atom. The number of carbonyl (C=O) groups excluding carboxylic acids is 1. The molecule has 0 aromatic heterocycles. The van der Waals surface area contributed by atoms with Crippen LogP contribution < -0.4 is 5.32 Å². The molecule has 42 heavy (non-hydrogen) atoms. The van der Waals surface area contributed by atoms with E-state index in [1.807, 2.05) is 6.92 Å². The fourth-order valence-corrected chi connectivity index (χ4v) is 4.87. The van der Waals surface area contributed by atoms with Gasteiger partial charge < -0.3 is 45.8 Å². The number of aromatic hydroxyl groups is 6. The van der Waals surface area contributed by atoms with Crippen LogP contribution in [-0.2, 0) is 20.7 Å². The second kappa shape index (κ2) is 12.6. The molecule has 4 rings (SSSR count). The minimum atomic E-state index is -1.65. The number of hydrogen-bond acceptors (Lipinski definition) is 10. The van der Waals surface area contributed by atoms with Crippen LogP contribution in [0.4, 0.5) is 0 Å². The van der Waals surface area contributed by atoms with Crippen LogP contribution in [0.2, 0.25) is 0 Å². The Bertz CT molecular complexity index is 1580. The van der Waals surface area contributed by atoms with Gasteiger partial charge in [0.05, 0.1) is 0 Å². The molecule has 11 heteroatoms. The van der Waals surface area contributed by atoms with Gasteiger partial charge in [0.2, 0.25) is 6.10 Å². The van der Waals surface area contributed by atoms with E-state index < -0.39 is 35.5 Å². The number of ether oxygens (including phenoxy) is 1. The van der Waals surface area contributed by atoms with E-state index in [2.05, 4.69) is 5.32 Å². The molecule has 0 heterocycles. The van der Waals surface area contributed by atoms with Gasteiger partial charge in [-0.05, 0) is 83.6 Å². The van der Waals surface area contributed by atoms with E-state index in [4.69, 9.17) is 4.74 Å². The second-order valence-electron chi connectivity index (χ2n) is 9.79. The summed E-state index contributed by atoms with van der Waals surface area (Å²) in [6.45, 7) is 2.40. The Labute approximate surface area is 240 Å². The molecular formula is C31H31NO10. The minimum absolute atomic E-state index is 0.0917. The third kappa shape index (κ3) is 6.42. The lowest BCUT2D eigenvalue weighted by molar-refractivity contribution is -0.162. The van der Waals surface area contributed by atoms with Crippen molar-refractivity contribution in [3.05, 3.63) is 76.4 Å². The van der Waals surface area contributed by atoms with Crippen LogP contribution in [0.25, 0.3) is 17.7 Å². The van der Waals surface area contributed by atoms with Crippen LogP contribution in [0.15, 0.2) is 48.5 Å². The number of carbonyl (C=O) groups is 2. The first-order valence-corrected chi connectivity index (χ1v) is 13.1. The second-order valence-corrected chi connectivity index (χ2v) is 9.79. The number of benzene rings is 3. The fraction of sp³-hybridized carbons (Fsp3) is 0.226. The van der Waals surface area contributed by atoms with Crippen molar-refractivity contribution < 1.29 is 50.1 Å². The van der Waals surface area contributed by atoms with Crippen LogP contribution in [0.5, 0.6) is 34.5 Å². The molecule has 1 aliphatic rings. The Morgan fingerprint density at radius 1 is 0.905 bits per heavy atom. The van der Waals surface area contributed by atoms with Crippen molar-refractivity contribution in [3.63, 3.8) is 0 Å². The van der Waals surface area contributed by atoms with Crippen molar-refractivity contribution in [3.8, 4) is 34.5 Å². The van der Waals surface area contributed by atoms with Crippen molar-refractivity contribution >= 4 is 29.7 Å². The number of allylic oxidation sites excluding steroid dienone is 1. The molecule has 1 aliphatic carbocycles. The van der Waals surface area contributed by atoms with Crippen molar-refractivity contribution in [2.45, 2.75) is 31.8 Å². The number of carboxylic acid groups (broad SMARTS) is 1. The standard InChI is InChI=1S/C31H31NO10/c1-2-32-15-22(19-5-9-24(34)26(36)13-19)30(31(40)41)42-28(38)10-6-18-14-27(37)29(39)20-7-3-16(11-21(18)20)17-4-8-23(33)25(35)12-17/h4-6,8-14,22,30,32-37,39H,2-3,7,15H2,1H3,(H,40,41). The number of rotatable bonds is 10. The number of hydrogen-bond donors (Lipinski definition) is 8. The smallest absolute Gasteiger partial charge is 0.345 e. The van der Waals surface area contributed by atoms with Gasteiger partial charge in [0.25, 0.3) is 0 Å². The van der Waals surface area contributed by atoms with E-state index in [0.29, 0.717) is 47.2 Å². The zero-order valence-corrected chi connectivity index (χ0v) is 22.6. The maximum Gasteiger partial charge on any atom is 0.345 e. The molecule has 220 valence electrons. The van der Waals surface area contributed by atoms with Gasteiger partial charge in [-0.15, -0.1) is 0 Å². The van der Waals surface area contributed by atoms with Crippen LogP contribution >= 0.6 is 0 Å². The first kappa shape index (κ1) is 29.8. The molecule has 11 nitrogen and oxygen atoms in total. The molecule has 0 saturated carbocycles. The number of aliphatic carboxylic acids is 1. The van der Waals surface area contributed by atoms with Gasteiger partial charge in [-0.25, -0.2) is 9.59 Å². The van der Waals surface area contributed by atoms with E-state index in [0.717, 1.165) is 11.6 Å².